The normalized spacial score (nSPS) is 21.3. The fourth-order valence-electron chi connectivity index (χ4n) is 3.39. The van der Waals surface area contributed by atoms with E-state index in [0.717, 1.165) is 30.8 Å². The largest absolute Gasteiger partial charge is 0.314 e. The smallest absolute Gasteiger partial charge is 0.251 e. The lowest BCUT2D eigenvalue weighted by Gasteiger charge is -2.23. The Morgan fingerprint density at radius 3 is 2.72 bits per heavy atom. The van der Waals surface area contributed by atoms with Gasteiger partial charge in [0.15, 0.2) is 0 Å². The van der Waals surface area contributed by atoms with Crippen LogP contribution in [0.5, 0.6) is 0 Å². The number of carbonyl (C=O) groups excluding carboxylic acids is 1. The number of nitrogens with one attached hydrogen (secondary N) is 1. The molecule has 134 valence electrons. The van der Waals surface area contributed by atoms with Crippen molar-refractivity contribution in [2.45, 2.75) is 51.6 Å². The van der Waals surface area contributed by atoms with Crippen LogP contribution in [0.1, 0.15) is 50.4 Å². The maximum Gasteiger partial charge on any atom is 0.251 e. The highest BCUT2D eigenvalue weighted by molar-refractivity contribution is 5.95. The fourth-order valence-corrected chi connectivity index (χ4v) is 3.39. The summed E-state index contributed by atoms with van der Waals surface area (Å²) in [6.45, 7) is 7.18. The molecule has 3 rings (SSSR count). The summed E-state index contributed by atoms with van der Waals surface area (Å²) in [5, 5.41) is 12.1. The molecule has 25 heavy (non-hydrogen) atoms. The molecular weight excluding hydrogens is 314 g/mol. The number of amides is 1. The van der Waals surface area contributed by atoms with Gasteiger partial charge in [0, 0.05) is 12.7 Å². The van der Waals surface area contributed by atoms with Crippen molar-refractivity contribution >= 4 is 11.6 Å². The van der Waals surface area contributed by atoms with Gasteiger partial charge in [0.2, 0.25) is 0 Å². The van der Waals surface area contributed by atoms with Crippen LogP contribution >= 0.6 is 0 Å². The molecule has 0 radical (unpaired) electrons. The molecule has 1 unspecified atom stereocenters. The molecule has 0 spiro atoms. The molecular formula is C19H27N5O. The van der Waals surface area contributed by atoms with Crippen LogP contribution < -0.4 is 10.2 Å². The van der Waals surface area contributed by atoms with Crippen molar-refractivity contribution in [3.63, 3.8) is 0 Å². The number of aromatic nitrogens is 3. The SMILES string of the molecule is CCC(C(=O)N(C)c1ccc(C)cc1)n1cc([C@]2(C)CCCN2)nn1. The van der Waals surface area contributed by atoms with Crippen LogP contribution in [-0.4, -0.2) is 34.5 Å². The molecule has 6 nitrogen and oxygen atoms in total. The molecule has 2 atom stereocenters. The summed E-state index contributed by atoms with van der Waals surface area (Å²) in [4.78, 5) is 14.7. The highest BCUT2D eigenvalue weighted by atomic mass is 16.2. The van der Waals surface area contributed by atoms with Gasteiger partial charge in [-0.25, -0.2) is 4.68 Å². The third-order valence-corrected chi connectivity index (χ3v) is 5.19. The van der Waals surface area contributed by atoms with Gasteiger partial charge in [-0.1, -0.05) is 29.8 Å². The first-order valence-electron chi connectivity index (χ1n) is 8.96. The van der Waals surface area contributed by atoms with Gasteiger partial charge in [-0.2, -0.15) is 0 Å². The molecule has 6 heteroatoms. The first-order valence-corrected chi connectivity index (χ1v) is 8.96. The molecule has 1 N–H and O–H groups in total. The van der Waals surface area contributed by atoms with E-state index in [2.05, 4.69) is 22.6 Å². The minimum atomic E-state index is -0.349. The van der Waals surface area contributed by atoms with Gasteiger partial charge in [-0.05, 0) is 51.8 Å². The van der Waals surface area contributed by atoms with E-state index in [0.29, 0.717) is 6.42 Å². The number of carbonyl (C=O) groups is 1. The number of rotatable bonds is 5. The van der Waals surface area contributed by atoms with Gasteiger partial charge in [0.1, 0.15) is 11.7 Å². The first-order chi connectivity index (χ1) is 11.9. The molecule has 1 aliphatic heterocycles. The number of likely N-dealkylation sites (N-methyl/N-ethyl adjacent to an activating group) is 1. The summed E-state index contributed by atoms with van der Waals surface area (Å²) >= 11 is 0. The lowest BCUT2D eigenvalue weighted by Crippen LogP contribution is -2.35. The molecule has 2 heterocycles. The van der Waals surface area contributed by atoms with Gasteiger partial charge in [0.05, 0.1) is 11.7 Å². The minimum Gasteiger partial charge on any atom is -0.314 e. The van der Waals surface area contributed by atoms with Crippen LogP contribution in [0.3, 0.4) is 0 Å². The Hall–Kier alpha value is -2.21. The average molecular weight is 341 g/mol. The first kappa shape index (κ1) is 17.6. The molecule has 1 amide bonds. The van der Waals surface area contributed by atoms with Crippen molar-refractivity contribution in [1.29, 1.82) is 0 Å². The van der Waals surface area contributed by atoms with Crippen molar-refractivity contribution in [3.05, 3.63) is 41.7 Å². The van der Waals surface area contributed by atoms with Crippen LogP contribution in [0.15, 0.2) is 30.5 Å². The van der Waals surface area contributed by atoms with Crippen LogP contribution in [0, 0.1) is 6.92 Å². The summed E-state index contributed by atoms with van der Waals surface area (Å²) < 4.78 is 1.72. The van der Waals surface area contributed by atoms with Gasteiger partial charge in [-0.3, -0.25) is 4.79 Å². The maximum absolute atomic E-state index is 13.0. The van der Waals surface area contributed by atoms with E-state index in [1.54, 1.807) is 9.58 Å². The Balaban J connectivity index is 1.81. The predicted octanol–water partition coefficient (Wildman–Crippen LogP) is 2.80. The maximum atomic E-state index is 13.0. The Morgan fingerprint density at radius 2 is 2.12 bits per heavy atom. The molecule has 1 saturated heterocycles. The van der Waals surface area contributed by atoms with Crippen molar-refractivity contribution < 1.29 is 4.79 Å². The number of hydrogen-bond donors (Lipinski definition) is 1. The lowest BCUT2D eigenvalue weighted by molar-refractivity contribution is -0.121. The summed E-state index contributed by atoms with van der Waals surface area (Å²) in [5.74, 6) is 0.0207. The number of nitrogens with zero attached hydrogens (tertiary/aromatic N) is 4. The molecule has 1 aromatic carbocycles. The van der Waals surface area contributed by atoms with Crippen molar-refractivity contribution in [2.75, 3.05) is 18.5 Å². The second-order valence-corrected chi connectivity index (χ2v) is 7.10. The quantitative estimate of drug-likeness (QED) is 0.908. The van der Waals surface area contributed by atoms with E-state index in [9.17, 15) is 4.79 Å². The zero-order valence-corrected chi connectivity index (χ0v) is 15.5. The van der Waals surface area contributed by atoms with E-state index in [1.165, 1.54) is 5.56 Å². The van der Waals surface area contributed by atoms with E-state index in [4.69, 9.17) is 0 Å². The highest BCUT2D eigenvalue weighted by Gasteiger charge is 2.34. The number of benzene rings is 1. The molecule has 0 aliphatic carbocycles. The molecule has 2 aromatic rings. The van der Waals surface area contributed by atoms with E-state index in [1.807, 2.05) is 51.4 Å². The van der Waals surface area contributed by atoms with E-state index < -0.39 is 0 Å². The zero-order chi connectivity index (χ0) is 18.0. The number of hydrogen-bond acceptors (Lipinski definition) is 4. The second-order valence-electron chi connectivity index (χ2n) is 7.10. The summed E-state index contributed by atoms with van der Waals surface area (Å²) in [6, 6.07) is 7.62. The topological polar surface area (TPSA) is 63.1 Å². The minimum absolute atomic E-state index is 0.0207. The Bertz CT molecular complexity index is 731. The third-order valence-electron chi connectivity index (χ3n) is 5.19. The number of anilines is 1. The monoisotopic (exact) mass is 341 g/mol. The van der Waals surface area contributed by atoms with Crippen LogP contribution in [0.25, 0.3) is 0 Å². The molecule has 0 bridgehead atoms. The summed E-state index contributed by atoms with van der Waals surface area (Å²) in [7, 11) is 1.81. The Morgan fingerprint density at radius 1 is 1.40 bits per heavy atom. The van der Waals surface area contributed by atoms with Crippen LogP contribution in [0.4, 0.5) is 5.69 Å². The van der Waals surface area contributed by atoms with Crippen LogP contribution in [0.2, 0.25) is 0 Å². The highest BCUT2D eigenvalue weighted by Crippen LogP contribution is 2.29. The summed E-state index contributed by atoms with van der Waals surface area (Å²) in [5.41, 5.74) is 2.84. The van der Waals surface area contributed by atoms with E-state index in [-0.39, 0.29) is 17.5 Å². The Labute approximate surface area is 149 Å². The van der Waals surface area contributed by atoms with Gasteiger partial charge >= 0.3 is 0 Å². The van der Waals surface area contributed by atoms with Gasteiger partial charge < -0.3 is 10.2 Å². The van der Waals surface area contributed by atoms with Crippen LogP contribution in [-0.2, 0) is 10.3 Å². The average Bonchev–Trinajstić information content (AvgIpc) is 3.26. The molecule has 1 aromatic heterocycles. The van der Waals surface area contributed by atoms with Crippen molar-refractivity contribution in [2.24, 2.45) is 0 Å². The lowest BCUT2D eigenvalue weighted by atomic mass is 9.97. The van der Waals surface area contributed by atoms with Crippen molar-refractivity contribution in [3.8, 4) is 0 Å². The standard InChI is InChI=1S/C19H27N5O/c1-5-16(18(25)23(4)15-9-7-14(2)8-10-15)24-13-17(21-22-24)19(3)11-6-12-20-19/h7-10,13,16,20H,5-6,11-12H2,1-4H3/t16?,19-/m0/s1. The second kappa shape index (κ2) is 6.96. The summed E-state index contributed by atoms with van der Waals surface area (Å²) in [6.07, 6.45) is 4.77. The van der Waals surface area contributed by atoms with Gasteiger partial charge in [0.25, 0.3) is 5.91 Å². The predicted molar refractivity (Wildman–Crippen MR) is 98.5 cm³/mol. The zero-order valence-electron chi connectivity index (χ0n) is 15.5. The number of aryl methyl sites for hydroxylation is 1. The van der Waals surface area contributed by atoms with E-state index >= 15 is 0 Å². The van der Waals surface area contributed by atoms with Gasteiger partial charge in [-0.15, -0.1) is 5.10 Å². The molecule has 0 saturated carbocycles. The molecule has 1 fully saturated rings. The molecule has 1 aliphatic rings. The Kier molecular flexibility index (Phi) is 4.90. The van der Waals surface area contributed by atoms with Crippen molar-refractivity contribution in [1.82, 2.24) is 20.3 Å². The third kappa shape index (κ3) is 3.44. The fraction of sp³-hybridized carbons (Fsp3) is 0.526.